The summed E-state index contributed by atoms with van der Waals surface area (Å²) in [6, 6.07) is 7.84. The van der Waals surface area contributed by atoms with Crippen LogP contribution in [0.5, 0.6) is 5.75 Å². The second-order valence-electron chi connectivity index (χ2n) is 6.35. The van der Waals surface area contributed by atoms with Crippen LogP contribution in [0.2, 0.25) is 0 Å². The highest BCUT2D eigenvalue weighted by atomic mass is 16.5. The van der Waals surface area contributed by atoms with Gasteiger partial charge in [-0.3, -0.25) is 4.79 Å². The zero-order chi connectivity index (χ0) is 18.1. The Balaban J connectivity index is 0.00000109. The average Bonchev–Trinajstić information content (AvgIpc) is 2.70. The zero-order valence-corrected chi connectivity index (χ0v) is 15.8. The topological polar surface area (TPSA) is 50.8 Å². The molecule has 5 heteroatoms. The molecule has 2 heterocycles. The molecule has 0 bridgehead atoms. The van der Waals surface area contributed by atoms with Crippen LogP contribution in [0.4, 0.5) is 0 Å². The van der Waals surface area contributed by atoms with Crippen LogP contribution in [0.25, 0.3) is 0 Å². The van der Waals surface area contributed by atoms with Crippen molar-refractivity contribution in [1.82, 2.24) is 10.2 Å². The van der Waals surface area contributed by atoms with E-state index in [1.165, 1.54) is 0 Å². The minimum atomic E-state index is 0.0744. The summed E-state index contributed by atoms with van der Waals surface area (Å²) in [6.07, 6.45) is 4.18. The number of nitrogens with one attached hydrogen (secondary N) is 1. The predicted octanol–water partition coefficient (Wildman–Crippen LogP) is 3.09. The van der Waals surface area contributed by atoms with Gasteiger partial charge in [0.25, 0.3) is 5.91 Å². The Hall–Kier alpha value is -1.59. The molecular formula is C20H32N2O3. The van der Waals surface area contributed by atoms with E-state index in [4.69, 9.17) is 9.47 Å². The fourth-order valence-corrected chi connectivity index (χ4v) is 3.22. The monoisotopic (exact) mass is 348 g/mol. The van der Waals surface area contributed by atoms with Gasteiger partial charge in [-0.1, -0.05) is 13.8 Å². The number of rotatable bonds is 4. The molecule has 1 N–H and O–H groups in total. The molecule has 0 unspecified atom stereocenters. The highest BCUT2D eigenvalue weighted by molar-refractivity contribution is 5.94. The molecule has 0 radical (unpaired) electrons. The van der Waals surface area contributed by atoms with Gasteiger partial charge in [-0.05, 0) is 63.0 Å². The van der Waals surface area contributed by atoms with Crippen LogP contribution in [0.1, 0.15) is 49.9 Å². The van der Waals surface area contributed by atoms with Crippen LogP contribution < -0.4 is 10.1 Å². The van der Waals surface area contributed by atoms with Crippen molar-refractivity contribution in [3.8, 4) is 5.75 Å². The molecule has 0 saturated carbocycles. The molecule has 3 rings (SSSR count). The number of hydrogen-bond acceptors (Lipinski definition) is 4. The molecule has 1 aromatic carbocycles. The van der Waals surface area contributed by atoms with Crippen molar-refractivity contribution >= 4 is 5.91 Å². The van der Waals surface area contributed by atoms with Crippen molar-refractivity contribution in [2.75, 3.05) is 33.4 Å². The van der Waals surface area contributed by atoms with Gasteiger partial charge in [-0.15, -0.1) is 0 Å². The van der Waals surface area contributed by atoms with E-state index in [2.05, 4.69) is 5.32 Å². The Morgan fingerprint density at radius 2 is 1.68 bits per heavy atom. The van der Waals surface area contributed by atoms with Crippen molar-refractivity contribution in [3.63, 3.8) is 0 Å². The molecule has 25 heavy (non-hydrogen) atoms. The fraction of sp³-hybridized carbons (Fsp3) is 0.650. The van der Waals surface area contributed by atoms with E-state index in [9.17, 15) is 4.79 Å². The quantitative estimate of drug-likeness (QED) is 0.908. The van der Waals surface area contributed by atoms with Gasteiger partial charge in [-0.2, -0.15) is 0 Å². The fourth-order valence-electron chi connectivity index (χ4n) is 3.22. The van der Waals surface area contributed by atoms with E-state index >= 15 is 0 Å². The zero-order valence-electron chi connectivity index (χ0n) is 15.8. The summed E-state index contributed by atoms with van der Waals surface area (Å²) in [6.45, 7) is 7.50. The normalized spacial score (nSPS) is 18.8. The van der Waals surface area contributed by atoms with Crippen molar-refractivity contribution in [2.24, 2.45) is 0 Å². The van der Waals surface area contributed by atoms with Gasteiger partial charge in [0.1, 0.15) is 11.9 Å². The molecule has 0 atom stereocenters. The van der Waals surface area contributed by atoms with Gasteiger partial charge in [0, 0.05) is 31.9 Å². The molecule has 2 aliphatic heterocycles. The van der Waals surface area contributed by atoms with Crippen LogP contribution in [0.3, 0.4) is 0 Å². The first-order chi connectivity index (χ1) is 12.2. The summed E-state index contributed by atoms with van der Waals surface area (Å²) in [4.78, 5) is 14.4. The summed E-state index contributed by atoms with van der Waals surface area (Å²) in [5, 5.41) is 3.33. The Morgan fingerprint density at radius 1 is 1.08 bits per heavy atom. The van der Waals surface area contributed by atoms with Gasteiger partial charge in [0.15, 0.2) is 0 Å². The van der Waals surface area contributed by atoms with Crippen molar-refractivity contribution in [3.05, 3.63) is 29.8 Å². The largest absolute Gasteiger partial charge is 0.490 e. The number of nitrogens with zero attached hydrogens (tertiary/aromatic N) is 1. The lowest BCUT2D eigenvalue weighted by molar-refractivity contribution is 0.0362. The molecule has 0 spiro atoms. The molecule has 0 aromatic heterocycles. The average molecular weight is 348 g/mol. The molecular weight excluding hydrogens is 316 g/mol. The molecule has 5 nitrogen and oxygen atoms in total. The number of hydrogen-bond donors (Lipinski definition) is 1. The maximum atomic E-state index is 12.6. The third-order valence-electron chi connectivity index (χ3n) is 4.75. The number of ether oxygens (including phenoxy) is 2. The van der Waals surface area contributed by atoms with Gasteiger partial charge in [-0.25, -0.2) is 0 Å². The van der Waals surface area contributed by atoms with E-state index in [0.29, 0.717) is 0 Å². The summed E-state index contributed by atoms with van der Waals surface area (Å²) in [5.41, 5.74) is 0.719. The lowest BCUT2D eigenvalue weighted by atomic mass is 10.1. The van der Waals surface area contributed by atoms with E-state index in [1.54, 1.807) is 0 Å². The van der Waals surface area contributed by atoms with E-state index in [1.807, 2.05) is 50.1 Å². The summed E-state index contributed by atoms with van der Waals surface area (Å²) >= 11 is 0. The Labute approximate surface area is 151 Å². The van der Waals surface area contributed by atoms with Gasteiger partial charge < -0.3 is 19.7 Å². The molecule has 1 aromatic rings. The second kappa shape index (κ2) is 10.4. The molecule has 140 valence electrons. The second-order valence-corrected chi connectivity index (χ2v) is 6.35. The van der Waals surface area contributed by atoms with Crippen molar-refractivity contribution < 1.29 is 14.3 Å². The summed E-state index contributed by atoms with van der Waals surface area (Å²) in [5.74, 6) is 0.924. The van der Waals surface area contributed by atoms with Crippen LogP contribution in [0, 0.1) is 0 Å². The Kier molecular flexibility index (Phi) is 8.22. The maximum absolute atomic E-state index is 12.6. The van der Waals surface area contributed by atoms with Crippen molar-refractivity contribution in [1.29, 1.82) is 0 Å². The number of amides is 1. The van der Waals surface area contributed by atoms with E-state index in [-0.39, 0.29) is 18.1 Å². The van der Waals surface area contributed by atoms with Crippen LogP contribution in [-0.4, -0.2) is 56.3 Å². The van der Waals surface area contributed by atoms with Crippen LogP contribution in [-0.2, 0) is 4.74 Å². The van der Waals surface area contributed by atoms with Gasteiger partial charge in [0.2, 0.25) is 0 Å². The minimum Gasteiger partial charge on any atom is -0.490 e. The number of piperidine rings is 1. The summed E-state index contributed by atoms with van der Waals surface area (Å²) < 4.78 is 11.3. The minimum absolute atomic E-state index is 0.0744. The number of benzene rings is 1. The van der Waals surface area contributed by atoms with E-state index < -0.39 is 0 Å². The standard InChI is InChI=1S/C18H26N2O3.C2H6/c1-20(15-8-12-22-13-9-15)18(21)14-2-4-16(5-3-14)23-17-6-10-19-11-7-17;1-2/h2-5,15,17,19H,6-13H2,1H3;1-2H3. The lowest BCUT2D eigenvalue weighted by Gasteiger charge is -2.31. The van der Waals surface area contributed by atoms with Crippen LogP contribution >= 0.6 is 0 Å². The first kappa shape index (κ1) is 19.7. The SMILES string of the molecule is CC.CN(C(=O)c1ccc(OC2CCNCC2)cc1)C1CCOCC1. The molecule has 1 amide bonds. The summed E-state index contributed by atoms with van der Waals surface area (Å²) in [7, 11) is 1.89. The highest BCUT2D eigenvalue weighted by Crippen LogP contribution is 2.20. The number of carbonyl (C=O) groups excluding carboxylic acids is 1. The third-order valence-corrected chi connectivity index (χ3v) is 4.75. The lowest BCUT2D eigenvalue weighted by Crippen LogP contribution is -2.40. The molecule has 0 aliphatic carbocycles. The highest BCUT2D eigenvalue weighted by Gasteiger charge is 2.23. The number of carbonyl (C=O) groups is 1. The van der Waals surface area contributed by atoms with E-state index in [0.717, 1.165) is 63.3 Å². The maximum Gasteiger partial charge on any atom is 0.253 e. The predicted molar refractivity (Wildman–Crippen MR) is 100 cm³/mol. The Bertz CT molecular complexity index is 506. The third kappa shape index (κ3) is 5.72. The first-order valence-electron chi connectivity index (χ1n) is 9.56. The van der Waals surface area contributed by atoms with Crippen LogP contribution in [0.15, 0.2) is 24.3 Å². The molecule has 2 saturated heterocycles. The first-order valence-corrected chi connectivity index (χ1v) is 9.56. The Morgan fingerprint density at radius 3 is 2.28 bits per heavy atom. The smallest absolute Gasteiger partial charge is 0.253 e. The van der Waals surface area contributed by atoms with Crippen molar-refractivity contribution in [2.45, 2.75) is 51.7 Å². The van der Waals surface area contributed by atoms with Gasteiger partial charge in [0.05, 0.1) is 0 Å². The van der Waals surface area contributed by atoms with Gasteiger partial charge >= 0.3 is 0 Å². The molecule has 2 fully saturated rings. The molecule has 2 aliphatic rings.